The fraction of sp³-hybridized carbons (Fsp3) is 0.294. The number of non-ortho nitro benzene ring substituents is 1. The number of hydrogen-bond acceptors (Lipinski definition) is 2. The summed E-state index contributed by atoms with van der Waals surface area (Å²) in [6.07, 6.45) is 5.15. The lowest BCUT2D eigenvalue weighted by Gasteiger charge is -2.25. The first-order chi connectivity index (χ1) is 9.72. The Bertz CT molecular complexity index is 632. The second kappa shape index (κ2) is 5.45. The summed E-state index contributed by atoms with van der Waals surface area (Å²) in [5.74, 6) is 0.829. The molecule has 0 spiro atoms. The summed E-state index contributed by atoms with van der Waals surface area (Å²) in [5.41, 5.74) is 3.45. The Labute approximate surface area is 118 Å². The van der Waals surface area contributed by atoms with Crippen LogP contribution in [0.15, 0.2) is 48.5 Å². The summed E-state index contributed by atoms with van der Waals surface area (Å²) in [5, 5.41) is 10.8. The van der Waals surface area contributed by atoms with Crippen LogP contribution in [0.1, 0.15) is 24.8 Å². The molecule has 0 radical (unpaired) electrons. The summed E-state index contributed by atoms with van der Waals surface area (Å²) >= 11 is 0. The third-order valence-corrected chi connectivity index (χ3v) is 4.07. The zero-order chi connectivity index (χ0) is 13.9. The molecule has 1 saturated carbocycles. The molecular weight excluding hydrogens is 250 g/mol. The molecule has 0 aromatic heterocycles. The molecule has 0 amide bonds. The van der Waals surface area contributed by atoms with Gasteiger partial charge in [-0.25, -0.2) is 0 Å². The van der Waals surface area contributed by atoms with Crippen molar-refractivity contribution in [3.05, 3.63) is 64.2 Å². The van der Waals surface area contributed by atoms with Gasteiger partial charge in [-0.3, -0.25) is 10.1 Å². The van der Waals surface area contributed by atoms with E-state index in [9.17, 15) is 10.1 Å². The van der Waals surface area contributed by atoms with Crippen LogP contribution >= 0.6 is 0 Å². The lowest BCUT2D eigenvalue weighted by Crippen LogP contribution is -2.13. The van der Waals surface area contributed by atoms with Crippen molar-refractivity contribution in [3.63, 3.8) is 0 Å². The van der Waals surface area contributed by atoms with Crippen molar-refractivity contribution in [1.29, 1.82) is 0 Å². The van der Waals surface area contributed by atoms with Gasteiger partial charge in [0.05, 0.1) is 4.92 Å². The van der Waals surface area contributed by atoms with Crippen LogP contribution < -0.4 is 0 Å². The van der Waals surface area contributed by atoms with Gasteiger partial charge in [0.1, 0.15) is 0 Å². The van der Waals surface area contributed by atoms with Crippen LogP contribution in [-0.4, -0.2) is 4.92 Å². The fourth-order valence-corrected chi connectivity index (χ4v) is 2.71. The van der Waals surface area contributed by atoms with E-state index in [1.807, 2.05) is 18.2 Å². The molecule has 2 aromatic rings. The minimum absolute atomic E-state index is 0.145. The van der Waals surface area contributed by atoms with E-state index in [0.29, 0.717) is 0 Å². The number of benzene rings is 2. The standard InChI is InChI=1S/C17H17NO2/c19-18(20)17-9-3-8-16(12-17)15-7-2-6-14(11-15)10-13-4-1-5-13/h2-3,6-9,11-13H,1,4-5,10H2. The average Bonchev–Trinajstić information content (AvgIpc) is 2.43. The molecule has 0 bridgehead atoms. The van der Waals surface area contributed by atoms with Crippen LogP contribution in [0.4, 0.5) is 5.69 Å². The van der Waals surface area contributed by atoms with E-state index < -0.39 is 0 Å². The molecule has 0 unspecified atom stereocenters. The molecule has 20 heavy (non-hydrogen) atoms. The number of nitro benzene ring substituents is 1. The normalized spacial score (nSPS) is 14.8. The maximum atomic E-state index is 10.8. The zero-order valence-electron chi connectivity index (χ0n) is 11.3. The Kier molecular flexibility index (Phi) is 3.50. The van der Waals surface area contributed by atoms with Gasteiger partial charge in [-0.1, -0.05) is 55.7 Å². The molecular formula is C17H17NO2. The topological polar surface area (TPSA) is 43.1 Å². The zero-order valence-corrected chi connectivity index (χ0v) is 11.3. The van der Waals surface area contributed by atoms with E-state index in [-0.39, 0.29) is 10.6 Å². The van der Waals surface area contributed by atoms with Crippen LogP contribution in [0.25, 0.3) is 11.1 Å². The highest BCUT2D eigenvalue weighted by atomic mass is 16.6. The van der Waals surface area contributed by atoms with Gasteiger partial charge in [0, 0.05) is 12.1 Å². The first-order valence-corrected chi connectivity index (χ1v) is 7.06. The summed E-state index contributed by atoms with van der Waals surface area (Å²) in [4.78, 5) is 10.5. The predicted molar refractivity (Wildman–Crippen MR) is 79.6 cm³/mol. The highest BCUT2D eigenvalue weighted by molar-refractivity contribution is 5.66. The minimum Gasteiger partial charge on any atom is -0.258 e. The molecule has 3 nitrogen and oxygen atoms in total. The molecule has 1 aliphatic rings. The molecule has 0 saturated heterocycles. The third kappa shape index (κ3) is 2.72. The molecule has 0 N–H and O–H groups in total. The summed E-state index contributed by atoms with van der Waals surface area (Å²) in [6, 6.07) is 15.2. The minimum atomic E-state index is -0.346. The number of nitro groups is 1. The third-order valence-electron chi connectivity index (χ3n) is 4.07. The van der Waals surface area contributed by atoms with Crippen LogP contribution in [0.2, 0.25) is 0 Å². The molecule has 0 heterocycles. The molecule has 1 fully saturated rings. The highest BCUT2D eigenvalue weighted by Crippen LogP contribution is 2.31. The lowest BCUT2D eigenvalue weighted by molar-refractivity contribution is -0.384. The van der Waals surface area contributed by atoms with E-state index >= 15 is 0 Å². The lowest BCUT2D eigenvalue weighted by atomic mass is 9.80. The summed E-state index contributed by atoms with van der Waals surface area (Å²) in [6.45, 7) is 0. The largest absolute Gasteiger partial charge is 0.270 e. The van der Waals surface area contributed by atoms with Crippen molar-refractivity contribution >= 4 is 5.69 Å². The highest BCUT2D eigenvalue weighted by Gasteiger charge is 2.17. The van der Waals surface area contributed by atoms with Crippen molar-refractivity contribution < 1.29 is 4.92 Å². The number of hydrogen-bond donors (Lipinski definition) is 0. The van der Waals surface area contributed by atoms with Gasteiger partial charge in [-0.15, -0.1) is 0 Å². The first kappa shape index (κ1) is 12.9. The summed E-state index contributed by atoms with van der Waals surface area (Å²) in [7, 11) is 0. The van der Waals surface area contributed by atoms with Gasteiger partial charge >= 0.3 is 0 Å². The molecule has 0 aliphatic heterocycles. The van der Waals surface area contributed by atoms with Gasteiger partial charge in [0.25, 0.3) is 5.69 Å². The van der Waals surface area contributed by atoms with Crippen LogP contribution in [0, 0.1) is 16.0 Å². The van der Waals surface area contributed by atoms with Gasteiger partial charge in [-0.2, -0.15) is 0 Å². The SMILES string of the molecule is O=[N+]([O-])c1cccc(-c2cccc(CC3CCC3)c2)c1. The van der Waals surface area contributed by atoms with Gasteiger partial charge in [0.15, 0.2) is 0 Å². The first-order valence-electron chi connectivity index (χ1n) is 7.06. The molecule has 2 aromatic carbocycles. The number of nitrogens with zero attached hydrogens (tertiary/aromatic N) is 1. The van der Waals surface area contributed by atoms with Crippen molar-refractivity contribution in [3.8, 4) is 11.1 Å². The van der Waals surface area contributed by atoms with Crippen LogP contribution in [0.5, 0.6) is 0 Å². The Morgan fingerprint density at radius 3 is 2.40 bits per heavy atom. The molecule has 0 atom stereocenters. The fourth-order valence-electron chi connectivity index (χ4n) is 2.71. The van der Waals surface area contributed by atoms with E-state index in [1.165, 1.54) is 30.9 Å². The Morgan fingerprint density at radius 1 is 1.05 bits per heavy atom. The van der Waals surface area contributed by atoms with E-state index in [4.69, 9.17) is 0 Å². The Hall–Kier alpha value is -2.16. The van der Waals surface area contributed by atoms with Gasteiger partial charge in [0.2, 0.25) is 0 Å². The molecule has 3 rings (SSSR count). The van der Waals surface area contributed by atoms with Gasteiger partial charge in [-0.05, 0) is 29.0 Å². The monoisotopic (exact) mass is 267 g/mol. The number of rotatable bonds is 4. The van der Waals surface area contributed by atoms with Crippen molar-refractivity contribution in [2.45, 2.75) is 25.7 Å². The van der Waals surface area contributed by atoms with Crippen LogP contribution in [-0.2, 0) is 6.42 Å². The maximum Gasteiger partial charge on any atom is 0.270 e. The quantitative estimate of drug-likeness (QED) is 0.600. The van der Waals surface area contributed by atoms with Gasteiger partial charge < -0.3 is 0 Å². The molecule has 3 heteroatoms. The molecule has 1 aliphatic carbocycles. The molecule has 102 valence electrons. The Morgan fingerprint density at radius 2 is 1.75 bits per heavy atom. The average molecular weight is 267 g/mol. The second-order valence-electron chi connectivity index (χ2n) is 5.51. The predicted octanol–water partition coefficient (Wildman–Crippen LogP) is 4.60. The maximum absolute atomic E-state index is 10.8. The second-order valence-corrected chi connectivity index (χ2v) is 5.51. The van der Waals surface area contributed by atoms with Crippen LogP contribution in [0.3, 0.4) is 0 Å². The Balaban J connectivity index is 1.87. The van der Waals surface area contributed by atoms with Crippen molar-refractivity contribution in [1.82, 2.24) is 0 Å². The van der Waals surface area contributed by atoms with E-state index in [2.05, 4.69) is 12.1 Å². The van der Waals surface area contributed by atoms with Crippen molar-refractivity contribution in [2.24, 2.45) is 5.92 Å². The van der Waals surface area contributed by atoms with E-state index in [1.54, 1.807) is 12.1 Å². The summed E-state index contributed by atoms with van der Waals surface area (Å²) < 4.78 is 0. The van der Waals surface area contributed by atoms with Crippen molar-refractivity contribution in [2.75, 3.05) is 0 Å². The van der Waals surface area contributed by atoms with E-state index in [0.717, 1.165) is 23.5 Å². The smallest absolute Gasteiger partial charge is 0.258 e.